The van der Waals surface area contributed by atoms with Crippen molar-refractivity contribution in [1.82, 2.24) is 30.5 Å². The van der Waals surface area contributed by atoms with Gasteiger partial charge in [0, 0.05) is 31.8 Å². The molecule has 3 heterocycles. The summed E-state index contributed by atoms with van der Waals surface area (Å²) in [4.78, 5) is 26.3. The molecule has 3 N–H and O–H groups in total. The molecule has 2 unspecified atom stereocenters. The summed E-state index contributed by atoms with van der Waals surface area (Å²) >= 11 is 0. The number of amides is 1. The Hall–Kier alpha value is -3.17. The lowest BCUT2D eigenvalue weighted by molar-refractivity contribution is -0.121. The highest BCUT2D eigenvalue weighted by atomic mass is 16.3. The Kier molecular flexibility index (Phi) is 4.33. The van der Waals surface area contributed by atoms with E-state index in [4.69, 9.17) is 0 Å². The Morgan fingerprint density at radius 2 is 2.03 bits per heavy atom. The van der Waals surface area contributed by atoms with Gasteiger partial charge in [0.2, 0.25) is 5.91 Å². The number of benzene rings is 1. The van der Waals surface area contributed by atoms with Crippen molar-refractivity contribution in [3.8, 4) is 0 Å². The summed E-state index contributed by atoms with van der Waals surface area (Å²) < 4.78 is 0. The van der Waals surface area contributed by atoms with Crippen LogP contribution in [0.4, 0.5) is 5.82 Å². The van der Waals surface area contributed by atoms with E-state index < -0.39 is 12.3 Å². The largest absolute Gasteiger partial charge is 0.371 e. The van der Waals surface area contributed by atoms with Crippen molar-refractivity contribution in [3.63, 3.8) is 0 Å². The summed E-state index contributed by atoms with van der Waals surface area (Å²) in [5, 5.41) is 21.9. The Bertz CT molecular complexity index is 1040. The maximum Gasteiger partial charge on any atom is 0.245 e. The third-order valence-corrected chi connectivity index (χ3v) is 5.60. The average molecular weight is 391 g/mol. The Morgan fingerprint density at radius 3 is 2.86 bits per heavy atom. The topological polar surface area (TPSA) is 120 Å². The summed E-state index contributed by atoms with van der Waals surface area (Å²) in [6.45, 7) is 0. The van der Waals surface area contributed by atoms with Gasteiger partial charge in [-0.25, -0.2) is 4.98 Å². The second-order valence-electron chi connectivity index (χ2n) is 7.53. The maximum absolute atomic E-state index is 13.0. The van der Waals surface area contributed by atoms with E-state index in [0.29, 0.717) is 23.9 Å². The Morgan fingerprint density at radius 1 is 1.24 bits per heavy atom. The number of hydrogen-bond acceptors (Lipinski definition) is 7. The van der Waals surface area contributed by atoms with E-state index >= 15 is 0 Å². The van der Waals surface area contributed by atoms with Crippen molar-refractivity contribution in [2.24, 2.45) is 5.92 Å². The van der Waals surface area contributed by atoms with Crippen molar-refractivity contribution in [2.45, 2.75) is 31.0 Å². The van der Waals surface area contributed by atoms with Gasteiger partial charge in [0.25, 0.3) is 0 Å². The first-order valence-corrected chi connectivity index (χ1v) is 9.60. The molecule has 2 aliphatic rings. The second-order valence-corrected chi connectivity index (χ2v) is 7.53. The molecule has 0 bridgehead atoms. The molecule has 1 aliphatic heterocycles. The molecule has 1 saturated carbocycles. The van der Waals surface area contributed by atoms with Crippen LogP contribution in [-0.4, -0.2) is 49.3 Å². The van der Waals surface area contributed by atoms with Crippen LogP contribution in [0.15, 0.2) is 42.7 Å². The molecule has 1 aromatic carbocycles. The maximum atomic E-state index is 13.0. The van der Waals surface area contributed by atoms with E-state index in [0.717, 1.165) is 17.7 Å². The molecule has 5 rings (SSSR count). The van der Waals surface area contributed by atoms with Gasteiger partial charge in [0.15, 0.2) is 17.9 Å². The lowest BCUT2D eigenvalue weighted by Crippen LogP contribution is -2.47. The molecule has 1 aliphatic carbocycles. The predicted molar refractivity (Wildman–Crippen MR) is 104 cm³/mol. The molecule has 0 radical (unpaired) electrons. The zero-order valence-electron chi connectivity index (χ0n) is 15.9. The smallest absolute Gasteiger partial charge is 0.245 e. The van der Waals surface area contributed by atoms with Gasteiger partial charge in [-0.1, -0.05) is 30.3 Å². The standard InChI is InChI=1S/C20H21N7O2/c1-27-18-15(21-7-8-22-18)12-10-13(12)16(20(27)29)24-19(28)17-23-14(25-26-17)9-11-5-3-2-4-6-11/h2-8,12-13,16,19,24,28H,9-10H2,1H3,(H,23,25,26)/t12?,13-,16-,19?/m1/s1. The molecule has 1 fully saturated rings. The minimum Gasteiger partial charge on any atom is -0.371 e. The van der Waals surface area contributed by atoms with Crippen LogP contribution in [0, 0.1) is 5.92 Å². The normalized spacial score (nSPS) is 23.9. The van der Waals surface area contributed by atoms with Crippen LogP contribution in [0.5, 0.6) is 0 Å². The van der Waals surface area contributed by atoms with Crippen LogP contribution in [0.1, 0.15) is 41.5 Å². The van der Waals surface area contributed by atoms with Crippen LogP contribution in [-0.2, 0) is 11.2 Å². The number of fused-ring (bicyclic) bond motifs is 3. The lowest BCUT2D eigenvalue weighted by atomic mass is 10.1. The van der Waals surface area contributed by atoms with Crippen LogP contribution in [0.25, 0.3) is 0 Å². The average Bonchev–Trinajstić information content (AvgIpc) is 3.41. The van der Waals surface area contributed by atoms with E-state index in [1.807, 2.05) is 30.3 Å². The van der Waals surface area contributed by atoms with Gasteiger partial charge in [0.05, 0.1) is 11.7 Å². The van der Waals surface area contributed by atoms with Crippen LogP contribution >= 0.6 is 0 Å². The first kappa shape index (κ1) is 17.9. The van der Waals surface area contributed by atoms with Crippen molar-refractivity contribution < 1.29 is 9.90 Å². The summed E-state index contributed by atoms with van der Waals surface area (Å²) in [7, 11) is 1.69. The Labute approximate surface area is 167 Å². The molecule has 0 spiro atoms. The zero-order chi connectivity index (χ0) is 20.0. The minimum atomic E-state index is -1.13. The number of aromatic amines is 1. The van der Waals surface area contributed by atoms with Crippen LogP contribution in [0.2, 0.25) is 0 Å². The molecule has 3 aromatic rings. The number of nitrogens with one attached hydrogen (secondary N) is 2. The number of nitrogens with zero attached hydrogens (tertiary/aromatic N) is 5. The fourth-order valence-corrected chi connectivity index (χ4v) is 4.00. The number of anilines is 1. The summed E-state index contributed by atoms with van der Waals surface area (Å²) in [6.07, 6.45) is 3.54. The van der Waals surface area contributed by atoms with Gasteiger partial charge in [-0.3, -0.25) is 20.0 Å². The monoisotopic (exact) mass is 391 g/mol. The molecule has 9 heteroatoms. The lowest BCUT2D eigenvalue weighted by Gasteiger charge is -2.24. The van der Waals surface area contributed by atoms with Crippen molar-refractivity contribution in [3.05, 3.63) is 65.6 Å². The first-order valence-electron chi connectivity index (χ1n) is 9.60. The number of H-pyrrole nitrogens is 1. The van der Waals surface area contributed by atoms with Crippen LogP contribution in [0.3, 0.4) is 0 Å². The third-order valence-electron chi connectivity index (χ3n) is 5.60. The number of carbonyl (C=O) groups excluding carboxylic acids is 1. The predicted octanol–water partition coefficient (Wildman–Crippen LogP) is 0.915. The van der Waals surface area contributed by atoms with Gasteiger partial charge >= 0.3 is 0 Å². The second kappa shape index (κ2) is 7.02. The minimum absolute atomic E-state index is 0.0734. The number of aliphatic hydroxyl groups excluding tert-OH is 1. The summed E-state index contributed by atoms with van der Waals surface area (Å²) in [5.74, 6) is 1.64. The van der Waals surface area contributed by atoms with Gasteiger partial charge in [0.1, 0.15) is 5.82 Å². The number of carbonyl (C=O) groups is 1. The first-order chi connectivity index (χ1) is 14.1. The number of aliphatic hydroxyl groups is 1. The van der Waals surface area contributed by atoms with Gasteiger partial charge in [-0.2, -0.15) is 0 Å². The highest BCUT2D eigenvalue weighted by molar-refractivity contribution is 5.98. The quantitative estimate of drug-likeness (QED) is 0.553. The number of hydrogen-bond donors (Lipinski definition) is 3. The molecule has 148 valence electrons. The number of aromatic nitrogens is 5. The molecule has 4 atom stereocenters. The molecule has 0 saturated heterocycles. The molecule has 9 nitrogen and oxygen atoms in total. The van der Waals surface area contributed by atoms with Crippen molar-refractivity contribution >= 4 is 11.7 Å². The third kappa shape index (κ3) is 3.28. The van der Waals surface area contributed by atoms with Crippen molar-refractivity contribution in [1.29, 1.82) is 0 Å². The van der Waals surface area contributed by atoms with Crippen molar-refractivity contribution in [2.75, 3.05) is 11.9 Å². The summed E-state index contributed by atoms with van der Waals surface area (Å²) in [5.41, 5.74) is 1.94. The number of likely N-dealkylation sites (N-methyl/N-ethyl adjacent to an activating group) is 1. The fraction of sp³-hybridized carbons (Fsp3) is 0.350. The molecule has 2 aromatic heterocycles. The highest BCUT2D eigenvalue weighted by Gasteiger charge is 2.53. The fourth-order valence-electron chi connectivity index (χ4n) is 4.00. The Balaban J connectivity index is 1.31. The highest BCUT2D eigenvalue weighted by Crippen LogP contribution is 2.53. The van der Waals surface area contributed by atoms with E-state index in [9.17, 15) is 9.90 Å². The summed E-state index contributed by atoms with van der Waals surface area (Å²) in [6, 6.07) is 9.35. The van der Waals surface area contributed by atoms with E-state index in [1.165, 1.54) is 4.90 Å². The van der Waals surface area contributed by atoms with Crippen LogP contribution < -0.4 is 10.2 Å². The molecular formula is C20H21N7O2. The van der Waals surface area contributed by atoms with Gasteiger partial charge < -0.3 is 10.1 Å². The SMILES string of the molecule is CN1C(=O)[C@H](NC(O)c2nnc(Cc3ccccc3)[nH]2)[C@@H]2CC2c2nccnc21. The van der Waals surface area contributed by atoms with E-state index in [1.54, 1.807) is 19.4 Å². The molecular weight excluding hydrogens is 370 g/mol. The number of rotatable bonds is 5. The zero-order valence-corrected chi connectivity index (χ0v) is 15.9. The van der Waals surface area contributed by atoms with Gasteiger partial charge in [-0.15, -0.1) is 10.2 Å². The van der Waals surface area contributed by atoms with E-state index in [2.05, 4.69) is 30.5 Å². The molecule has 1 amide bonds. The van der Waals surface area contributed by atoms with Gasteiger partial charge in [-0.05, 0) is 17.9 Å². The van der Waals surface area contributed by atoms with E-state index in [-0.39, 0.29) is 17.7 Å². The molecule has 29 heavy (non-hydrogen) atoms.